The molecule has 0 aromatic carbocycles. The Hall–Kier alpha value is -1.95. The van der Waals surface area contributed by atoms with Gasteiger partial charge in [0.2, 0.25) is 0 Å². The smallest absolute Gasteiger partial charge is 0.0848 e. The van der Waals surface area contributed by atoms with E-state index < -0.39 is 6.10 Å². The second-order valence-corrected chi connectivity index (χ2v) is 10.4. The van der Waals surface area contributed by atoms with Gasteiger partial charge in [-0.15, -0.1) is 0 Å². The van der Waals surface area contributed by atoms with Crippen molar-refractivity contribution in [3.63, 3.8) is 0 Å². The molecule has 2 atom stereocenters. The van der Waals surface area contributed by atoms with Crippen molar-refractivity contribution in [2.24, 2.45) is 10.9 Å². The number of piperidine rings is 1. The number of aliphatic imine (C=N–C) groups is 1. The van der Waals surface area contributed by atoms with Crippen LogP contribution in [0.2, 0.25) is 0 Å². The quantitative estimate of drug-likeness (QED) is 0.394. The standard InChI is InChI=1S/C27H44N4O/c1-10-22(19(2)28-7)20-13-14-23(25(32)16-20)24(29-8)12-11-15-31(9)21-17-26(3,4)30-27(5,6)18-21/h10-14,16,21,23,25,28,30,32H,1,15,17-18H2,2-9H3/b12-11-,22-19+,29-24?/t23-,25?/m0/s1. The van der Waals surface area contributed by atoms with Crippen molar-refractivity contribution >= 4 is 5.71 Å². The molecule has 1 heterocycles. The van der Waals surface area contributed by atoms with Gasteiger partial charge in [-0.1, -0.05) is 30.9 Å². The van der Waals surface area contributed by atoms with E-state index >= 15 is 0 Å². The van der Waals surface area contributed by atoms with Crippen molar-refractivity contribution in [3.05, 3.63) is 59.9 Å². The Bertz CT molecular complexity index is 813. The summed E-state index contributed by atoms with van der Waals surface area (Å²) in [6.07, 6.45) is 13.7. The summed E-state index contributed by atoms with van der Waals surface area (Å²) in [5.41, 5.74) is 4.15. The first-order valence-electron chi connectivity index (χ1n) is 11.7. The lowest BCUT2D eigenvalue weighted by atomic mass is 9.79. The number of aliphatic hydroxyl groups is 1. The van der Waals surface area contributed by atoms with Crippen LogP contribution in [0.25, 0.3) is 0 Å². The predicted molar refractivity (Wildman–Crippen MR) is 138 cm³/mol. The third-order valence-electron chi connectivity index (χ3n) is 6.57. The molecule has 0 spiro atoms. The number of nitrogens with one attached hydrogen (secondary N) is 2. The highest BCUT2D eigenvalue weighted by Gasteiger charge is 2.38. The molecule has 1 unspecified atom stereocenters. The molecular formula is C27H44N4O. The summed E-state index contributed by atoms with van der Waals surface area (Å²) < 4.78 is 0. The molecule has 2 aliphatic rings. The zero-order valence-corrected chi connectivity index (χ0v) is 21.4. The van der Waals surface area contributed by atoms with Gasteiger partial charge in [0.15, 0.2) is 0 Å². The summed E-state index contributed by atoms with van der Waals surface area (Å²) in [7, 11) is 5.88. The molecule has 0 aromatic rings. The van der Waals surface area contributed by atoms with Crippen LogP contribution in [-0.2, 0) is 0 Å². The lowest BCUT2D eigenvalue weighted by Gasteiger charge is -2.49. The van der Waals surface area contributed by atoms with Crippen LogP contribution in [0.5, 0.6) is 0 Å². The number of likely N-dealkylation sites (N-methyl/N-ethyl adjacent to an activating group) is 1. The molecule has 0 bridgehead atoms. The van der Waals surface area contributed by atoms with Gasteiger partial charge in [0.25, 0.3) is 0 Å². The summed E-state index contributed by atoms with van der Waals surface area (Å²) in [6, 6.07) is 0.526. The highest BCUT2D eigenvalue weighted by atomic mass is 16.3. The molecule has 2 rings (SSSR count). The normalized spacial score (nSPS) is 26.8. The first kappa shape index (κ1) is 26.3. The van der Waals surface area contributed by atoms with Crippen molar-refractivity contribution < 1.29 is 5.11 Å². The first-order chi connectivity index (χ1) is 14.9. The molecule has 32 heavy (non-hydrogen) atoms. The number of hydrogen-bond acceptors (Lipinski definition) is 5. The maximum absolute atomic E-state index is 10.8. The van der Waals surface area contributed by atoms with Crippen LogP contribution in [0, 0.1) is 5.92 Å². The Labute approximate surface area is 195 Å². The lowest BCUT2D eigenvalue weighted by molar-refractivity contribution is 0.0879. The second kappa shape index (κ2) is 10.8. The highest BCUT2D eigenvalue weighted by Crippen LogP contribution is 2.31. The molecule has 1 aliphatic carbocycles. The fourth-order valence-electron chi connectivity index (χ4n) is 5.14. The van der Waals surface area contributed by atoms with Crippen molar-refractivity contribution in [1.29, 1.82) is 0 Å². The Morgan fingerprint density at radius 1 is 1.31 bits per heavy atom. The summed E-state index contributed by atoms with van der Waals surface area (Å²) in [6.45, 7) is 15.9. The van der Waals surface area contributed by atoms with Gasteiger partial charge < -0.3 is 15.7 Å². The lowest BCUT2D eigenvalue weighted by Crippen LogP contribution is -2.61. The predicted octanol–water partition coefficient (Wildman–Crippen LogP) is 4.01. The van der Waals surface area contributed by atoms with Crippen LogP contribution in [0.4, 0.5) is 0 Å². The number of hydrogen-bond donors (Lipinski definition) is 3. The van der Waals surface area contributed by atoms with E-state index in [0.717, 1.165) is 41.9 Å². The summed E-state index contributed by atoms with van der Waals surface area (Å²) in [4.78, 5) is 6.91. The van der Waals surface area contributed by atoms with Crippen LogP contribution in [0.3, 0.4) is 0 Å². The fraction of sp³-hybridized carbons (Fsp3) is 0.593. The number of aliphatic hydroxyl groups excluding tert-OH is 1. The van der Waals surface area contributed by atoms with Crippen LogP contribution in [-0.4, -0.2) is 66.6 Å². The fourth-order valence-corrected chi connectivity index (χ4v) is 5.14. The average molecular weight is 441 g/mol. The SMILES string of the molecule is C=C/C(C1=CC(O)[C@H](C(/C=C\CN(C)C2CC(C)(C)NC(C)(C)C2)=NC)C=C1)=C(/C)NC. The van der Waals surface area contributed by atoms with Crippen molar-refractivity contribution in [2.45, 2.75) is 70.7 Å². The summed E-state index contributed by atoms with van der Waals surface area (Å²) in [5.74, 6) is -0.150. The van der Waals surface area contributed by atoms with E-state index in [0.29, 0.717) is 6.04 Å². The van der Waals surface area contributed by atoms with Gasteiger partial charge in [0.1, 0.15) is 0 Å². The molecule has 1 fully saturated rings. The van der Waals surface area contributed by atoms with E-state index in [2.05, 4.69) is 80.1 Å². The van der Waals surface area contributed by atoms with Crippen LogP contribution < -0.4 is 10.6 Å². The average Bonchev–Trinajstić information content (AvgIpc) is 2.69. The Balaban J connectivity index is 2.05. The van der Waals surface area contributed by atoms with Crippen molar-refractivity contribution in [3.8, 4) is 0 Å². The van der Waals surface area contributed by atoms with Gasteiger partial charge in [-0.2, -0.15) is 0 Å². The second-order valence-electron chi connectivity index (χ2n) is 10.4. The molecule has 0 aromatic heterocycles. The highest BCUT2D eigenvalue weighted by molar-refractivity contribution is 5.98. The molecule has 0 radical (unpaired) electrons. The maximum Gasteiger partial charge on any atom is 0.0848 e. The molecule has 1 saturated heterocycles. The number of nitrogens with zero attached hydrogens (tertiary/aromatic N) is 2. The zero-order valence-electron chi connectivity index (χ0n) is 21.4. The molecule has 1 aliphatic heterocycles. The van der Waals surface area contributed by atoms with Gasteiger partial charge >= 0.3 is 0 Å². The van der Waals surface area contributed by atoms with Crippen molar-refractivity contribution in [1.82, 2.24) is 15.5 Å². The van der Waals surface area contributed by atoms with E-state index in [-0.39, 0.29) is 17.0 Å². The van der Waals surface area contributed by atoms with E-state index in [4.69, 9.17) is 0 Å². The minimum Gasteiger partial charge on any atom is -0.391 e. The molecule has 0 amide bonds. The molecule has 3 N–H and O–H groups in total. The third kappa shape index (κ3) is 6.77. The van der Waals surface area contributed by atoms with Crippen LogP contribution in [0.1, 0.15) is 47.5 Å². The summed E-state index contributed by atoms with van der Waals surface area (Å²) in [5, 5.41) is 17.7. The maximum atomic E-state index is 10.8. The molecule has 178 valence electrons. The van der Waals surface area contributed by atoms with Crippen molar-refractivity contribution in [2.75, 3.05) is 27.7 Å². The molecular weight excluding hydrogens is 396 g/mol. The Morgan fingerprint density at radius 2 is 1.94 bits per heavy atom. The van der Waals surface area contributed by atoms with E-state index in [1.807, 2.05) is 32.2 Å². The monoisotopic (exact) mass is 440 g/mol. The van der Waals surface area contributed by atoms with Gasteiger partial charge in [-0.3, -0.25) is 9.89 Å². The molecule has 5 nitrogen and oxygen atoms in total. The van der Waals surface area contributed by atoms with Crippen LogP contribution >= 0.6 is 0 Å². The van der Waals surface area contributed by atoms with E-state index in [9.17, 15) is 5.11 Å². The number of rotatable bonds is 8. The van der Waals surface area contributed by atoms with E-state index in [1.165, 1.54) is 0 Å². The number of allylic oxidation sites excluding steroid dienone is 6. The van der Waals surface area contributed by atoms with E-state index in [1.54, 1.807) is 7.05 Å². The zero-order chi connectivity index (χ0) is 24.1. The van der Waals surface area contributed by atoms with Gasteiger partial charge in [-0.25, -0.2) is 0 Å². The minimum absolute atomic E-state index is 0.131. The molecule has 0 saturated carbocycles. The van der Waals surface area contributed by atoms with Crippen LogP contribution in [0.15, 0.2) is 64.9 Å². The van der Waals surface area contributed by atoms with Gasteiger partial charge in [0, 0.05) is 55.1 Å². The summed E-state index contributed by atoms with van der Waals surface area (Å²) >= 11 is 0. The van der Waals surface area contributed by atoms with Gasteiger partial charge in [-0.05, 0) is 77.8 Å². The topological polar surface area (TPSA) is 59.9 Å². The van der Waals surface area contributed by atoms with Gasteiger partial charge in [0.05, 0.1) is 6.10 Å². The Kier molecular flexibility index (Phi) is 8.86. The largest absolute Gasteiger partial charge is 0.391 e. The first-order valence-corrected chi connectivity index (χ1v) is 11.7. The Morgan fingerprint density at radius 3 is 2.44 bits per heavy atom. The molecule has 5 heteroatoms. The third-order valence-corrected chi connectivity index (χ3v) is 6.57. The minimum atomic E-state index is -0.623.